The van der Waals surface area contributed by atoms with Gasteiger partial charge in [-0.1, -0.05) is 0 Å². The molecule has 0 fully saturated rings. The van der Waals surface area contributed by atoms with Gasteiger partial charge in [0.25, 0.3) is 0 Å². The van der Waals surface area contributed by atoms with Gasteiger partial charge in [0.15, 0.2) is 0 Å². The molecule has 5 N–H and O–H groups in total. The Bertz CT molecular complexity index is 274. The number of hydrogen-bond donors (Lipinski definition) is 3. The number of nitrogens with two attached hydrogens (primary N) is 2. The number of halogens is 1. The fourth-order valence-corrected chi connectivity index (χ4v) is 1.26. The number of anilines is 2. The van der Waals surface area contributed by atoms with Gasteiger partial charge >= 0.3 is 0 Å². The van der Waals surface area contributed by atoms with Crippen LogP contribution in [0.5, 0.6) is 0 Å². The maximum atomic E-state index is 5.64. The first kappa shape index (κ1) is 8.29. The monoisotopic (exact) mass is 216 g/mol. The molecule has 1 heterocycles. The molecule has 0 aliphatic carbocycles. The van der Waals surface area contributed by atoms with Crippen molar-refractivity contribution >= 4 is 27.3 Å². The highest BCUT2D eigenvalue weighted by molar-refractivity contribution is 9.10. The zero-order valence-electron chi connectivity index (χ0n) is 6.06. The predicted octanol–water partition coefficient (Wildman–Crippen LogP) is 1.02. The van der Waals surface area contributed by atoms with Crippen molar-refractivity contribution in [1.29, 1.82) is 0 Å². The molecule has 1 rings (SSSR count). The summed E-state index contributed by atoms with van der Waals surface area (Å²) >= 11 is 3.23. The molecule has 1 aromatic heterocycles. The van der Waals surface area contributed by atoms with Crippen molar-refractivity contribution in [2.45, 2.75) is 6.92 Å². The molecular formula is C6H9BrN4. The van der Waals surface area contributed by atoms with Crippen LogP contribution in [0.15, 0.2) is 10.7 Å². The van der Waals surface area contributed by atoms with Crippen molar-refractivity contribution in [3.05, 3.63) is 16.4 Å². The van der Waals surface area contributed by atoms with Crippen molar-refractivity contribution in [2.75, 3.05) is 11.2 Å². The lowest BCUT2D eigenvalue weighted by molar-refractivity contribution is 1.16. The fourth-order valence-electron chi connectivity index (χ4n) is 0.764. The summed E-state index contributed by atoms with van der Waals surface area (Å²) in [5.74, 6) is 5.21. The maximum Gasteiger partial charge on any atom is 0.108 e. The third-order valence-corrected chi connectivity index (χ3v) is 1.78. The molecule has 0 amide bonds. The van der Waals surface area contributed by atoms with Gasteiger partial charge in [-0.3, -0.25) is 5.84 Å². The van der Waals surface area contributed by atoms with Crippen molar-refractivity contribution in [1.82, 2.24) is 4.98 Å². The first-order valence-corrected chi connectivity index (χ1v) is 3.83. The Balaban J connectivity index is 3.24. The smallest absolute Gasteiger partial charge is 0.108 e. The zero-order valence-corrected chi connectivity index (χ0v) is 7.64. The minimum Gasteiger partial charge on any atom is -0.396 e. The molecule has 0 aliphatic heterocycles. The van der Waals surface area contributed by atoms with Crippen LogP contribution in [0, 0.1) is 6.92 Å². The van der Waals surface area contributed by atoms with Gasteiger partial charge in [-0.2, -0.15) is 0 Å². The van der Waals surface area contributed by atoms with E-state index in [1.54, 1.807) is 6.07 Å². The summed E-state index contributed by atoms with van der Waals surface area (Å²) < 4.78 is 0.720. The van der Waals surface area contributed by atoms with E-state index in [1.165, 1.54) is 0 Å². The van der Waals surface area contributed by atoms with Crippen LogP contribution in [0.25, 0.3) is 0 Å². The summed E-state index contributed by atoms with van der Waals surface area (Å²) in [7, 11) is 0. The van der Waals surface area contributed by atoms with E-state index in [9.17, 15) is 0 Å². The Labute approximate surface area is 73.1 Å². The number of hydrogen-bond acceptors (Lipinski definition) is 4. The van der Waals surface area contributed by atoms with Gasteiger partial charge in [0, 0.05) is 0 Å². The summed E-state index contributed by atoms with van der Waals surface area (Å²) in [6.45, 7) is 1.82. The van der Waals surface area contributed by atoms with Crippen LogP contribution in [-0.2, 0) is 0 Å². The Morgan fingerprint density at radius 2 is 2.27 bits per heavy atom. The Kier molecular flexibility index (Phi) is 2.31. The number of nitrogen functional groups attached to an aromatic ring is 2. The molecule has 0 bridgehead atoms. The first-order chi connectivity index (χ1) is 5.15. The highest BCUT2D eigenvalue weighted by Gasteiger charge is 2.02. The average molecular weight is 217 g/mol. The van der Waals surface area contributed by atoms with Crippen LogP contribution >= 0.6 is 15.9 Å². The first-order valence-electron chi connectivity index (χ1n) is 3.04. The number of rotatable bonds is 1. The lowest BCUT2D eigenvalue weighted by Crippen LogP contribution is -2.10. The minimum absolute atomic E-state index is 0.579. The summed E-state index contributed by atoms with van der Waals surface area (Å²) in [4.78, 5) is 4.08. The Hall–Kier alpha value is -0.810. The molecule has 1 aromatic rings. The van der Waals surface area contributed by atoms with Crippen LogP contribution in [0.2, 0.25) is 0 Å². The number of aryl methyl sites for hydroxylation is 1. The van der Waals surface area contributed by atoms with E-state index in [1.807, 2.05) is 6.92 Å². The van der Waals surface area contributed by atoms with E-state index in [0.29, 0.717) is 11.4 Å². The lowest BCUT2D eigenvalue weighted by atomic mass is 10.3. The molecule has 0 radical (unpaired) electrons. The molecule has 0 aliphatic rings. The Morgan fingerprint density at radius 3 is 2.82 bits per heavy atom. The molecular weight excluding hydrogens is 208 g/mol. The molecule has 0 saturated carbocycles. The van der Waals surface area contributed by atoms with E-state index in [0.717, 1.165) is 10.3 Å². The highest BCUT2D eigenvalue weighted by Crippen LogP contribution is 2.23. The quantitative estimate of drug-likeness (QED) is 0.373. The molecule has 0 saturated heterocycles. The molecule has 0 spiro atoms. The van der Waals surface area contributed by atoms with Crippen molar-refractivity contribution in [3.8, 4) is 0 Å². The fraction of sp³-hybridized carbons (Fsp3) is 0.167. The third kappa shape index (κ3) is 1.61. The number of nitrogens with one attached hydrogen (secondary N) is 1. The maximum absolute atomic E-state index is 5.64. The summed E-state index contributed by atoms with van der Waals surface area (Å²) in [6.07, 6.45) is 0. The molecule has 0 unspecified atom stereocenters. The van der Waals surface area contributed by atoms with Gasteiger partial charge in [0.2, 0.25) is 0 Å². The second kappa shape index (κ2) is 3.06. The van der Waals surface area contributed by atoms with Gasteiger partial charge in [0.05, 0.1) is 17.1 Å². The molecule has 4 nitrogen and oxygen atoms in total. The summed E-state index contributed by atoms with van der Waals surface area (Å²) in [6, 6.07) is 1.72. The minimum atomic E-state index is 0.579. The standard InChI is InChI=1S/C6H9BrN4/c1-3-6(8)4(11-9)2-5(7)10-3/h2H,8-9H2,1H3,(H,10,11). The summed E-state index contributed by atoms with van der Waals surface area (Å²) in [5.41, 5.74) is 10.1. The number of hydrazine groups is 1. The second-order valence-electron chi connectivity index (χ2n) is 2.14. The lowest BCUT2D eigenvalue weighted by Gasteiger charge is -2.06. The third-order valence-electron chi connectivity index (χ3n) is 1.37. The SMILES string of the molecule is Cc1nc(Br)cc(NN)c1N. The van der Waals surface area contributed by atoms with Gasteiger partial charge in [0.1, 0.15) is 4.60 Å². The van der Waals surface area contributed by atoms with Crippen LogP contribution in [-0.4, -0.2) is 4.98 Å². The molecule has 5 heteroatoms. The van der Waals surface area contributed by atoms with E-state index >= 15 is 0 Å². The van der Waals surface area contributed by atoms with Crippen LogP contribution in [0.1, 0.15) is 5.69 Å². The van der Waals surface area contributed by atoms with Crippen molar-refractivity contribution in [3.63, 3.8) is 0 Å². The normalized spacial score (nSPS) is 9.73. The average Bonchev–Trinajstić information content (AvgIpc) is 1.96. The molecule has 11 heavy (non-hydrogen) atoms. The van der Waals surface area contributed by atoms with Gasteiger partial charge in [-0.25, -0.2) is 4.98 Å². The molecule has 60 valence electrons. The highest BCUT2D eigenvalue weighted by atomic mass is 79.9. The van der Waals surface area contributed by atoms with E-state index < -0.39 is 0 Å². The van der Waals surface area contributed by atoms with E-state index in [-0.39, 0.29) is 0 Å². The number of aromatic nitrogens is 1. The van der Waals surface area contributed by atoms with E-state index in [2.05, 4.69) is 26.3 Å². The molecule has 0 aromatic carbocycles. The van der Waals surface area contributed by atoms with Crippen molar-refractivity contribution < 1.29 is 0 Å². The van der Waals surface area contributed by atoms with E-state index in [4.69, 9.17) is 11.6 Å². The van der Waals surface area contributed by atoms with Crippen LogP contribution < -0.4 is 17.0 Å². The van der Waals surface area contributed by atoms with Gasteiger partial charge in [-0.05, 0) is 28.9 Å². The predicted molar refractivity (Wildman–Crippen MR) is 48.9 cm³/mol. The Morgan fingerprint density at radius 1 is 1.64 bits per heavy atom. The van der Waals surface area contributed by atoms with Crippen molar-refractivity contribution in [2.24, 2.45) is 5.84 Å². The van der Waals surface area contributed by atoms with Crippen LogP contribution in [0.3, 0.4) is 0 Å². The van der Waals surface area contributed by atoms with Gasteiger partial charge < -0.3 is 11.2 Å². The van der Waals surface area contributed by atoms with Gasteiger partial charge in [-0.15, -0.1) is 0 Å². The summed E-state index contributed by atoms with van der Waals surface area (Å²) in [5, 5.41) is 0. The topological polar surface area (TPSA) is 77.0 Å². The largest absolute Gasteiger partial charge is 0.396 e. The van der Waals surface area contributed by atoms with Crippen LogP contribution in [0.4, 0.5) is 11.4 Å². The number of nitrogens with zero attached hydrogens (tertiary/aromatic N) is 1. The zero-order chi connectivity index (χ0) is 8.43. The number of pyridine rings is 1. The molecule has 0 atom stereocenters. The second-order valence-corrected chi connectivity index (χ2v) is 2.95.